The standard InChI is InChI=1S/C27H26N2O2/c1-19-13-14-23-17-24(26(30)28-25(23)20(19)2)18-29(16-15-21-9-5-3-6-10-21)27(31)22-11-7-4-8-12-22/h3-14,17H,15-16,18H2,1-2H3,(H,28,30). The van der Waals surface area contributed by atoms with Crippen LogP contribution in [0.3, 0.4) is 0 Å². The van der Waals surface area contributed by atoms with Crippen molar-refractivity contribution >= 4 is 16.8 Å². The SMILES string of the molecule is Cc1ccc2cc(CN(CCc3ccccc3)C(=O)c3ccccc3)c(=O)[nH]c2c1C. The zero-order chi connectivity index (χ0) is 21.8. The lowest BCUT2D eigenvalue weighted by atomic mass is 10.0. The minimum atomic E-state index is -0.147. The van der Waals surface area contributed by atoms with E-state index in [1.807, 2.05) is 74.5 Å². The van der Waals surface area contributed by atoms with Gasteiger partial charge in [0.2, 0.25) is 0 Å². The molecule has 0 bridgehead atoms. The predicted octanol–water partition coefficient (Wildman–Crippen LogP) is 5.03. The van der Waals surface area contributed by atoms with Gasteiger partial charge in [-0.15, -0.1) is 0 Å². The first-order valence-corrected chi connectivity index (χ1v) is 10.5. The highest BCUT2D eigenvalue weighted by atomic mass is 16.2. The summed E-state index contributed by atoms with van der Waals surface area (Å²) in [4.78, 5) is 30.9. The fourth-order valence-corrected chi connectivity index (χ4v) is 3.82. The second-order valence-corrected chi connectivity index (χ2v) is 7.92. The smallest absolute Gasteiger partial charge is 0.254 e. The molecule has 3 aromatic carbocycles. The van der Waals surface area contributed by atoms with Crippen molar-refractivity contribution in [3.8, 4) is 0 Å². The number of benzene rings is 3. The molecular weight excluding hydrogens is 384 g/mol. The van der Waals surface area contributed by atoms with Crippen LogP contribution in [-0.2, 0) is 13.0 Å². The van der Waals surface area contributed by atoms with Crippen molar-refractivity contribution in [1.82, 2.24) is 9.88 Å². The largest absolute Gasteiger partial charge is 0.334 e. The molecule has 31 heavy (non-hydrogen) atoms. The Morgan fingerprint density at radius 1 is 0.903 bits per heavy atom. The van der Waals surface area contributed by atoms with Crippen LogP contribution in [0, 0.1) is 13.8 Å². The van der Waals surface area contributed by atoms with E-state index in [0.29, 0.717) is 17.7 Å². The molecule has 0 saturated carbocycles. The summed E-state index contributed by atoms with van der Waals surface area (Å²) in [6.07, 6.45) is 0.725. The number of carbonyl (C=O) groups is 1. The lowest BCUT2D eigenvalue weighted by Gasteiger charge is -2.23. The average molecular weight is 411 g/mol. The fraction of sp³-hybridized carbons (Fsp3) is 0.185. The lowest BCUT2D eigenvalue weighted by molar-refractivity contribution is 0.0744. The third-order valence-corrected chi connectivity index (χ3v) is 5.81. The maximum Gasteiger partial charge on any atom is 0.254 e. The number of amides is 1. The van der Waals surface area contributed by atoms with E-state index in [4.69, 9.17) is 0 Å². The van der Waals surface area contributed by atoms with E-state index in [1.165, 1.54) is 0 Å². The van der Waals surface area contributed by atoms with E-state index in [-0.39, 0.29) is 18.0 Å². The third-order valence-electron chi connectivity index (χ3n) is 5.81. The molecule has 156 valence electrons. The Morgan fingerprint density at radius 3 is 2.29 bits per heavy atom. The van der Waals surface area contributed by atoms with Crippen molar-refractivity contribution in [2.24, 2.45) is 0 Å². The van der Waals surface area contributed by atoms with Gasteiger partial charge in [0.15, 0.2) is 0 Å². The minimum absolute atomic E-state index is 0.0730. The number of aryl methyl sites for hydroxylation is 2. The van der Waals surface area contributed by atoms with Gasteiger partial charge in [-0.05, 0) is 60.5 Å². The number of aromatic nitrogens is 1. The Bertz CT molecular complexity index is 1260. The zero-order valence-electron chi connectivity index (χ0n) is 17.9. The van der Waals surface area contributed by atoms with E-state index in [1.54, 1.807) is 4.90 Å². The van der Waals surface area contributed by atoms with Crippen LogP contribution >= 0.6 is 0 Å². The predicted molar refractivity (Wildman–Crippen MR) is 125 cm³/mol. The highest BCUT2D eigenvalue weighted by molar-refractivity contribution is 5.94. The van der Waals surface area contributed by atoms with Gasteiger partial charge in [0, 0.05) is 17.7 Å². The molecule has 0 saturated heterocycles. The minimum Gasteiger partial charge on any atom is -0.334 e. The topological polar surface area (TPSA) is 53.2 Å². The van der Waals surface area contributed by atoms with Gasteiger partial charge in [0.1, 0.15) is 0 Å². The number of carbonyl (C=O) groups excluding carboxylic acids is 1. The van der Waals surface area contributed by atoms with Crippen molar-refractivity contribution in [3.63, 3.8) is 0 Å². The van der Waals surface area contributed by atoms with Crippen molar-refractivity contribution < 1.29 is 4.79 Å². The second-order valence-electron chi connectivity index (χ2n) is 7.92. The van der Waals surface area contributed by atoms with Gasteiger partial charge < -0.3 is 9.88 Å². The van der Waals surface area contributed by atoms with Crippen LogP contribution in [0.1, 0.15) is 32.6 Å². The molecule has 1 amide bonds. The molecule has 0 unspecified atom stereocenters. The number of fused-ring (bicyclic) bond motifs is 1. The number of rotatable bonds is 6. The Kier molecular flexibility index (Phi) is 5.99. The molecule has 1 heterocycles. The molecular formula is C27H26N2O2. The van der Waals surface area contributed by atoms with E-state index in [2.05, 4.69) is 23.2 Å². The molecule has 4 aromatic rings. The molecule has 0 aliphatic carbocycles. The Hall–Kier alpha value is -3.66. The summed E-state index contributed by atoms with van der Waals surface area (Å²) < 4.78 is 0. The maximum absolute atomic E-state index is 13.3. The van der Waals surface area contributed by atoms with Crippen LogP contribution in [0.15, 0.2) is 83.7 Å². The first kappa shape index (κ1) is 20.6. The van der Waals surface area contributed by atoms with E-state index >= 15 is 0 Å². The molecule has 1 N–H and O–H groups in total. The summed E-state index contributed by atoms with van der Waals surface area (Å²) in [6, 6.07) is 25.3. The number of hydrogen-bond donors (Lipinski definition) is 1. The highest BCUT2D eigenvalue weighted by Crippen LogP contribution is 2.20. The summed E-state index contributed by atoms with van der Waals surface area (Å²) in [7, 11) is 0. The Labute approximate surface area is 182 Å². The quantitative estimate of drug-likeness (QED) is 0.485. The van der Waals surface area contributed by atoms with Crippen LogP contribution in [0.2, 0.25) is 0 Å². The molecule has 0 aliphatic heterocycles. The number of aromatic amines is 1. The van der Waals surface area contributed by atoms with Gasteiger partial charge in [-0.2, -0.15) is 0 Å². The number of nitrogens with one attached hydrogen (secondary N) is 1. The van der Waals surface area contributed by atoms with E-state index in [9.17, 15) is 9.59 Å². The highest BCUT2D eigenvalue weighted by Gasteiger charge is 2.18. The first-order valence-electron chi connectivity index (χ1n) is 10.5. The second kappa shape index (κ2) is 9.00. The van der Waals surface area contributed by atoms with Crippen LogP contribution < -0.4 is 5.56 Å². The molecule has 4 rings (SSSR count). The van der Waals surface area contributed by atoms with E-state index < -0.39 is 0 Å². The summed E-state index contributed by atoms with van der Waals surface area (Å²) in [5.41, 5.74) is 5.30. The lowest BCUT2D eigenvalue weighted by Crippen LogP contribution is -2.34. The summed E-state index contributed by atoms with van der Waals surface area (Å²) in [5, 5.41) is 0.980. The van der Waals surface area contributed by atoms with Crippen LogP contribution in [0.5, 0.6) is 0 Å². The van der Waals surface area contributed by atoms with Crippen molar-refractivity contribution in [1.29, 1.82) is 0 Å². The normalized spacial score (nSPS) is 10.9. The summed E-state index contributed by atoms with van der Waals surface area (Å²) >= 11 is 0. The third kappa shape index (κ3) is 4.58. The number of pyridine rings is 1. The zero-order valence-corrected chi connectivity index (χ0v) is 17.9. The summed E-state index contributed by atoms with van der Waals surface area (Å²) in [6.45, 7) is 4.84. The Morgan fingerprint density at radius 2 is 1.58 bits per heavy atom. The van der Waals surface area contributed by atoms with Crippen molar-refractivity contribution in [2.45, 2.75) is 26.8 Å². The Balaban J connectivity index is 1.66. The van der Waals surface area contributed by atoms with Crippen molar-refractivity contribution in [2.75, 3.05) is 6.54 Å². The number of H-pyrrole nitrogens is 1. The fourth-order valence-electron chi connectivity index (χ4n) is 3.82. The monoisotopic (exact) mass is 410 g/mol. The van der Waals surface area contributed by atoms with Gasteiger partial charge >= 0.3 is 0 Å². The maximum atomic E-state index is 13.3. The molecule has 4 nitrogen and oxygen atoms in total. The van der Waals surface area contributed by atoms with Crippen LogP contribution in [0.25, 0.3) is 10.9 Å². The van der Waals surface area contributed by atoms with Gasteiger partial charge in [-0.3, -0.25) is 9.59 Å². The molecule has 0 aliphatic rings. The van der Waals surface area contributed by atoms with Gasteiger partial charge in [0.05, 0.1) is 12.1 Å². The molecule has 0 spiro atoms. The van der Waals surface area contributed by atoms with Gasteiger partial charge in [-0.1, -0.05) is 60.7 Å². The van der Waals surface area contributed by atoms with Gasteiger partial charge in [-0.25, -0.2) is 0 Å². The van der Waals surface area contributed by atoms with Crippen LogP contribution in [0.4, 0.5) is 0 Å². The van der Waals surface area contributed by atoms with Crippen molar-refractivity contribution in [3.05, 3.63) is 117 Å². The molecule has 4 heteroatoms. The van der Waals surface area contributed by atoms with Crippen LogP contribution in [-0.4, -0.2) is 22.3 Å². The molecule has 0 fully saturated rings. The first-order chi connectivity index (χ1) is 15.0. The molecule has 0 radical (unpaired) electrons. The summed E-state index contributed by atoms with van der Waals surface area (Å²) in [5.74, 6) is -0.0730. The van der Waals surface area contributed by atoms with Gasteiger partial charge in [0.25, 0.3) is 11.5 Å². The number of nitrogens with zero attached hydrogens (tertiary/aromatic N) is 1. The number of hydrogen-bond acceptors (Lipinski definition) is 2. The average Bonchev–Trinajstić information content (AvgIpc) is 2.81. The van der Waals surface area contributed by atoms with E-state index in [0.717, 1.165) is 34.0 Å². The molecule has 1 aromatic heterocycles. The molecule has 0 atom stereocenters.